The molecule has 22 heavy (non-hydrogen) atoms. The molecule has 3 heterocycles. The monoisotopic (exact) mass is 323 g/mol. The average molecular weight is 323 g/mol. The molecule has 2 aliphatic rings. The van der Waals surface area contributed by atoms with E-state index in [1.807, 2.05) is 23.4 Å². The molecule has 1 spiro atoms. The second kappa shape index (κ2) is 5.91. The van der Waals surface area contributed by atoms with Gasteiger partial charge in [0.05, 0.1) is 18.7 Å². The number of nitrogens with zero attached hydrogens (tertiary/aromatic N) is 3. The van der Waals surface area contributed by atoms with Crippen LogP contribution in [0.15, 0.2) is 11.6 Å². The van der Waals surface area contributed by atoms with Gasteiger partial charge in [-0.15, -0.1) is 11.3 Å². The summed E-state index contributed by atoms with van der Waals surface area (Å²) in [5, 5.41) is 13.0. The quantitative estimate of drug-likeness (QED) is 0.920. The molecular weight excluding hydrogens is 298 g/mol. The van der Waals surface area contributed by atoms with Crippen LogP contribution in [0.4, 0.5) is 0 Å². The third-order valence-corrected chi connectivity index (χ3v) is 6.15. The maximum Gasteiger partial charge on any atom is 0.219 e. The van der Waals surface area contributed by atoms with Crippen LogP contribution in [-0.4, -0.2) is 57.6 Å². The van der Waals surface area contributed by atoms with Crippen molar-refractivity contribution in [1.82, 2.24) is 14.8 Å². The van der Waals surface area contributed by atoms with Crippen molar-refractivity contribution in [3.8, 4) is 0 Å². The predicted octanol–water partition coefficient (Wildman–Crippen LogP) is 1.73. The fraction of sp³-hybridized carbons (Fsp3) is 0.750. The largest absolute Gasteiger partial charge is 0.394 e. The van der Waals surface area contributed by atoms with Gasteiger partial charge in [-0.05, 0) is 44.7 Å². The molecule has 0 saturated carbocycles. The first-order chi connectivity index (χ1) is 10.5. The van der Waals surface area contributed by atoms with E-state index >= 15 is 0 Å². The number of hydrogen-bond donors (Lipinski definition) is 1. The van der Waals surface area contributed by atoms with E-state index in [4.69, 9.17) is 0 Å². The molecule has 2 saturated heterocycles. The number of thiazole rings is 1. The number of aliphatic hydroxyl groups is 1. The molecule has 2 aliphatic heterocycles. The Bertz CT molecular complexity index is 526. The number of likely N-dealkylation sites (tertiary alicyclic amines) is 2. The van der Waals surface area contributed by atoms with E-state index in [1.54, 1.807) is 18.3 Å². The van der Waals surface area contributed by atoms with Crippen LogP contribution in [0.2, 0.25) is 0 Å². The van der Waals surface area contributed by atoms with Crippen molar-refractivity contribution in [2.24, 2.45) is 5.41 Å². The number of carbonyl (C=O) groups excluding carboxylic acids is 1. The Hall–Kier alpha value is -0.980. The van der Waals surface area contributed by atoms with E-state index in [2.05, 4.69) is 9.88 Å². The van der Waals surface area contributed by atoms with Gasteiger partial charge in [0.2, 0.25) is 5.91 Å². The molecule has 1 aromatic heterocycles. The number of aliphatic hydroxyl groups excluding tert-OH is 1. The van der Waals surface area contributed by atoms with Gasteiger partial charge in [0, 0.05) is 25.0 Å². The molecule has 6 heteroatoms. The molecule has 1 aromatic rings. The molecule has 0 unspecified atom stereocenters. The van der Waals surface area contributed by atoms with E-state index < -0.39 is 0 Å². The first kappa shape index (κ1) is 15.9. The zero-order valence-electron chi connectivity index (χ0n) is 13.4. The van der Waals surface area contributed by atoms with Crippen LogP contribution in [0.5, 0.6) is 0 Å². The van der Waals surface area contributed by atoms with Gasteiger partial charge in [0.25, 0.3) is 0 Å². The fourth-order valence-electron chi connectivity index (χ4n) is 4.16. The van der Waals surface area contributed by atoms with Gasteiger partial charge in [0.15, 0.2) is 0 Å². The van der Waals surface area contributed by atoms with E-state index in [-0.39, 0.29) is 23.5 Å². The molecule has 2 fully saturated rings. The van der Waals surface area contributed by atoms with Crippen LogP contribution in [0.1, 0.15) is 38.1 Å². The lowest BCUT2D eigenvalue weighted by atomic mass is 9.74. The molecule has 0 bridgehead atoms. The number of carbonyl (C=O) groups is 1. The Morgan fingerprint density at radius 1 is 1.45 bits per heavy atom. The van der Waals surface area contributed by atoms with Crippen molar-refractivity contribution in [3.05, 3.63) is 16.6 Å². The second-order valence-corrected chi connectivity index (χ2v) is 8.12. The lowest BCUT2D eigenvalue weighted by Crippen LogP contribution is -2.46. The molecule has 1 N–H and O–H groups in total. The Morgan fingerprint density at radius 2 is 2.18 bits per heavy atom. The van der Waals surface area contributed by atoms with Crippen molar-refractivity contribution in [2.75, 3.05) is 26.2 Å². The molecule has 0 aromatic carbocycles. The van der Waals surface area contributed by atoms with E-state index in [9.17, 15) is 9.90 Å². The minimum absolute atomic E-state index is 0.0527. The van der Waals surface area contributed by atoms with Crippen molar-refractivity contribution >= 4 is 17.2 Å². The highest BCUT2D eigenvalue weighted by molar-refractivity contribution is 7.09. The lowest BCUT2D eigenvalue weighted by Gasteiger charge is -2.39. The van der Waals surface area contributed by atoms with Crippen LogP contribution in [0.3, 0.4) is 0 Å². The minimum Gasteiger partial charge on any atom is -0.394 e. The number of piperidine rings is 1. The number of amides is 1. The Kier molecular flexibility index (Phi) is 4.27. The molecule has 3 rings (SSSR count). The lowest BCUT2D eigenvalue weighted by molar-refractivity contribution is -0.134. The number of hydrogen-bond acceptors (Lipinski definition) is 5. The summed E-state index contributed by atoms with van der Waals surface area (Å²) in [5.41, 5.74) is -0.203. The van der Waals surface area contributed by atoms with Gasteiger partial charge >= 0.3 is 0 Å². The van der Waals surface area contributed by atoms with Gasteiger partial charge in [-0.25, -0.2) is 4.98 Å². The van der Waals surface area contributed by atoms with Gasteiger partial charge in [-0.1, -0.05) is 0 Å². The summed E-state index contributed by atoms with van der Waals surface area (Å²) in [6, 6.07) is 0. The van der Waals surface area contributed by atoms with Gasteiger partial charge in [-0.3, -0.25) is 9.69 Å². The first-order valence-corrected chi connectivity index (χ1v) is 8.84. The SMILES string of the molecule is CC(=O)N1CC2(CCN(Cc3nccs3)CC2)C[C@@]1(C)CO. The van der Waals surface area contributed by atoms with Crippen LogP contribution >= 0.6 is 11.3 Å². The maximum atomic E-state index is 11.9. The minimum atomic E-state index is -0.386. The Morgan fingerprint density at radius 3 is 2.68 bits per heavy atom. The summed E-state index contributed by atoms with van der Waals surface area (Å²) in [6.45, 7) is 7.51. The third kappa shape index (κ3) is 2.92. The summed E-state index contributed by atoms with van der Waals surface area (Å²) in [7, 11) is 0. The Balaban J connectivity index is 1.64. The van der Waals surface area contributed by atoms with E-state index in [0.29, 0.717) is 0 Å². The summed E-state index contributed by atoms with van der Waals surface area (Å²) in [5.74, 6) is 0.0821. The topological polar surface area (TPSA) is 56.7 Å². The first-order valence-electron chi connectivity index (χ1n) is 7.96. The molecular formula is C16H25N3O2S. The van der Waals surface area contributed by atoms with Crippen molar-refractivity contribution < 1.29 is 9.90 Å². The number of rotatable bonds is 3. The zero-order chi connectivity index (χ0) is 15.8. The van der Waals surface area contributed by atoms with Crippen molar-refractivity contribution in [3.63, 3.8) is 0 Å². The number of aromatic nitrogens is 1. The highest BCUT2D eigenvalue weighted by Crippen LogP contribution is 2.48. The molecule has 1 amide bonds. The fourth-order valence-corrected chi connectivity index (χ4v) is 4.82. The third-order valence-electron chi connectivity index (χ3n) is 5.38. The maximum absolute atomic E-state index is 11.9. The van der Waals surface area contributed by atoms with Crippen molar-refractivity contribution in [2.45, 2.75) is 45.2 Å². The van der Waals surface area contributed by atoms with E-state index in [1.165, 1.54) is 5.01 Å². The molecule has 122 valence electrons. The second-order valence-electron chi connectivity index (χ2n) is 7.14. The average Bonchev–Trinajstić information content (AvgIpc) is 3.09. The highest BCUT2D eigenvalue weighted by atomic mass is 32.1. The highest BCUT2D eigenvalue weighted by Gasteiger charge is 2.52. The molecule has 0 radical (unpaired) electrons. The van der Waals surface area contributed by atoms with Gasteiger partial charge < -0.3 is 10.0 Å². The molecule has 5 nitrogen and oxygen atoms in total. The summed E-state index contributed by atoms with van der Waals surface area (Å²) in [4.78, 5) is 20.6. The van der Waals surface area contributed by atoms with Crippen LogP contribution in [-0.2, 0) is 11.3 Å². The Labute approximate surface area is 135 Å². The summed E-state index contributed by atoms with van der Waals surface area (Å²) in [6.07, 6.45) is 4.97. The molecule has 1 atom stereocenters. The summed E-state index contributed by atoms with van der Waals surface area (Å²) >= 11 is 1.71. The van der Waals surface area contributed by atoms with E-state index in [0.717, 1.165) is 45.4 Å². The summed E-state index contributed by atoms with van der Waals surface area (Å²) < 4.78 is 0. The smallest absolute Gasteiger partial charge is 0.219 e. The zero-order valence-corrected chi connectivity index (χ0v) is 14.2. The van der Waals surface area contributed by atoms with Crippen LogP contribution < -0.4 is 0 Å². The van der Waals surface area contributed by atoms with Gasteiger partial charge in [-0.2, -0.15) is 0 Å². The van der Waals surface area contributed by atoms with Crippen molar-refractivity contribution in [1.29, 1.82) is 0 Å². The predicted molar refractivity (Wildman–Crippen MR) is 86.6 cm³/mol. The molecule has 0 aliphatic carbocycles. The normalized spacial score (nSPS) is 28.4. The van der Waals surface area contributed by atoms with Crippen LogP contribution in [0, 0.1) is 5.41 Å². The van der Waals surface area contributed by atoms with Gasteiger partial charge in [0.1, 0.15) is 5.01 Å². The van der Waals surface area contributed by atoms with Crippen LogP contribution in [0.25, 0.3) is 0 Å². The standard InChI is InChI=1S/C16H25N3O2S/c1-13(21)19-11-16(10-15(19,2)12-20)3-6-18(7-4-16)9-14-17-5-8-22-14/h5,8,20H,3-4,6-7,9-12H2,1-2H3/t15-/m0/s1.